The molecule has 0 atom stereocenters. The summed E-state index contributed by atoms with van der Waals surface area (Å²) < 4.78 is 5.24. The number of carbonyl (C=O) groups excluding carboxylic acids is 1. The normalized spacial score (nSPS) is 10.5. The summed E-state index contributed by atoms with van der Waals surface area (Å²) >= 11 is 0. The third-order valence-corrected chi connectivity index (χ3v) is 4.35. The van der Waals surface area contributed by atoms with E-state index in [0.717, 1.165) is 22.4 Å². The molecule has 0 radical (unpaired) electrons. The van der Waals surface area contributed by atoms with Crippen molar-refractivity contribution in [3.8, 4) is 5.75 Å². The zero-order valence-corrected chi connectivity index (χ0v) is 14.9. The highest BCUT2D eigenvalue weighted by molar-refractivity contribution is 5.77. The first-order valence-corrected chi connectivity index (χ1v) is 8.78. The summed E-state index contributed by atoms with van der Waals surface area (Å²) in [6.07, 6.45) is 1.11. The van der Waals surface area contributed by atoms with Crippen LogP contribution in [0.15, 0.2) is 84.9 Å². The SMILES string of the molecule is COc1cccc(CCC(=O)NC(c2ccccc2)c2ccccc2)c1. The van der Waals surface area contributed by atoms with Crippen molar-refractivity contribution >= 4 is 5.91 Å². The van der Waals surface area contributed by atoms with E-state index in [9.17, 15) is 4.79 Å². The fraction of sp³-hybridized carbons (Fsp3) is 0.174. The van der Waals surface area contributed by atoms with Gasteiger partial charge in [0.2, 0.25) is 5.91 Å². The van der Waals surface area contributed by atoms with E-state index >= 15 is 0 Å². The van der Waals surface area contributed by atoms with Gasteiger partial charge in [0.25, 0.3) is 0 Å². The van der Waals surface area contributed by atoms with Gasteiger partial charge in [-0.2, -0.15) is 0 Å². The van der Waals surface area contributed by atoms with Gasteiger partial charge in [-0.25, -0.2) is 0 Å². The number of carbonyl (C=O) groups is 1. The summed E-state index contributed by atoms with van der Waals surface area (Å²) in [4.78, 5) is 12.6. The molecular formula is C23H23NO2. The Balaban J connectivity index is 1.69. The van der Waals surface area contributed by atoms with Crippen LogP contribution in [0.25, 0.3) is 0 Å². The molecule has 0 spiro atoms. The molecule has 3 heteroatoms. The van der Waals surface area contributed by atoms with Gasteiger partial charge in [-0.1, -0.05) is 72.8 Å². The number of ether oxygens (including phenoxy) is 1. The van der Waals surface area contributed by atoms with Gasteiger partial charge in [-0.05, 0) is 35.2 Å². The molecule has 0 aliphatic heterocycles. The van der Waals surface area contributed by atoms with E-state index in [1.165, 1.54) is 0 Å². The predicted octanol–water partition coefficient (Wildman–Crippen LogP) is 4.53. The Labute approximate surface area is 154 Å². The van der Waals surface area contributed by atoms with Gasteiger partial charge in [0.05, 0.1) is 13.2 Å². The molecule has 0 aliphatic carbocycles. The van der Waals surface area contributed by atoms with Crippen LogP contribution in [0.3, 0.4) is 0 Å². The first kappa shape index (κ1) is 17.7. The zero-order valence-electron chi connectivity index (χ0n) is 14.9. The predicted molar refractivity (Wildman–Crippen MR) is 104 cm³/mol. The first-order valence-electron chi connectivity index (χ1n) is 8.78. The van der Waals surface area contributed by atoms with E-state index in [4.69, 9.17) is 4.74 Å². The maximum absolute atomic E-state index is 12.6. The smallest absolute Gasteiger partial charge is 0.221 e. The van der Waals surface area contributed by atoms with Crippen LogP contribution >= 0.6 is 0 Å². The number of benzene rings is 3. The quantitative estimate of drug-likeness (QED) is 0.683. The molecule has 1 amide bonds. The minimum atomic E-state index is -0.143. The van der Waals surface area contributed by atoms with E-state index in [1.807, 2.05) is 84.9 Å². The molecule has 0 aliphatic rings. The van der Waals surface area contributed by atoms with Crippen LogP contribution in [0.1, 0.15) is 29.2 Å². The minimum absolute atomic E-state index is 0.0329. The van der Waals surface area contributed by atoms with Crippen molar-refractivity contribution in [2.24, 2.45) is 0 Å². The molecule has 0 saturated carbocycles. The summed E-state index contributed by atoms with van der Waals surface area (Å²) in [6, 6.07) is 27.8. The number of hydrogen-bond acceptors (Lipinski definition) is 2. The third kappa shape index (κ3) is 4.73. The molecule has 0 unspecified atom stereocenters. The van der Waals surface area contributed by atoms with E-state index in [2.05, 4.69) is 5.32 Å². The van der Waals surface area contributed by atoms with Gasteiger partial charge >= 0.3 is 0 Å². The molecule has 0 fully saturated rings. The molecule has 132 valence electrons. The lowest BCUT2D eigenvalue weighted by Crippen LogP contribution is -2.29. The van der Waals surface area contributed by atoms with Gasteiger partial charge in [0, 0.05) is 6.42 Å². The molecule has 0 aromatic heterocycles. The van der Waals surface area contributed by atoms with Crippen molar-refractivity contribution in [1.82, 2.24) is 5.32 Å². The summed E-state index contributed by atoms with van der Waals surface area (Å²) in [7, 11) is 1.65. The van der Waals surface area contributed by atoms with Crippen molar-refractivity contribution in [1.29, 1.82) is 0 Å². The number of rotatable bonds is 7. The minimum Gasteiger partial charge on any atom is -0.497 e. The Bertz CT molecular complexity index is 792. The Kier molecular flexibility index (Phi) is 6.05. The zero-order chi connectivity index (χ0) is 18.2. The monoisotopic (exact) mass is 345 g/mol. The molecule has 3 nitrogen and oxygen atoms in total. The van der Waals surface area contributed by atoms with E-state index in [1.54, 1.807) is 7.11 Å². The molecule has 0 saturated heterocycles. The standard InChI is InChI=1S/C23H23NO2/c1-26-21-14-8-9-18(17-21)15-16-22(25)24-23(19-10-4-2-5-11-19)20-12-6-3-7-13-20/h2-14,17,23H,15-16H2,1H3,(H,24,25). The average molecular weight is 345 g/mol. The van der Waals surface area contributed by atoms with Gasteiger partial charge in [-0.15, -0.1) is 0 Å². The Morgan fingerprint density at radius 3 is 2.08 bits per heavy atom. The summed E-state index contributed by atoms with van der Waals surface area (Å²) in [5, 5.41) is 3.18. The number of aryl methyl sites for hydroxylation is 1. The second-order valence-electron chi connectivity index (χ2n) is 6.17. The third-order valence-electron chi connectivity index (χ3n) is 4.35. The lowest BCUT2D eigenvalue weighted by molar-refractivity contribution is -0.121. The molecule has 3 aromatic rings. The average Bonchev–Trinajstić information content (AvgIpc) is 2.72. The Morgan fingerprint density at radius 1 is 0.885 bits per heavy atom. The maximum atomic E-state index is 12.6. The van der Waals surface area contributed by atoms with Crippen LogP contribution < -0.4 is 10.1 Å². The number of amides is 1. The van der Waals surface area contributed by atoms with Crippen LogP contribution in [-0.4, -0.2) is 13.0 Å². The summed E-state index contributed by atoms with van der Waals surface area (Å²) in [5.74, 6) is 0.847. The van der Waals surface area contributed by atoms with Crippen molar-refractivity contribution < 1.29 is 9.53 Å². The highest BCUT2D eigenvalue weighted by atomic mass is 16.5. The van der Waals surface area contributed by atoms with Gasteiger partial charge in [0.15, 0.2) is 0 Å². The van der Waals surface area contributed by atoms with Crippen LogP contribution in [-0.2, 0) is 11.2 Å². The van der Waals surface area contributed by atoms with Crippen molar-refractivity contribution in [3.05, 3.63) is 102 Å². The maximum Gasteiger partial charge on any atom is 0.221 e. The van der Waals surface area contributed by atoms with Crippen molar-refractivity contribution in [2.45, 2.75) is 18.9 Å². The summed E-state index contributed by atoms with van der Waals surface area (Å²) in [6.45, 7) is 0. The highest BCUT2D eigenvalue weighted by Gasteiger charge is 2.16. The Morgan fingerprint density at radius 2 is 1.50 bits per heavy atom. The molecule has 3 rings (SSSR count). The molecule has 1 N–H and O–H groups in total. The number of nitrogens with one attached hydrogen (secondary N) is 1. The summed E-state index contributed by atoms with van der Waals surface area (Å²) in [5.41, 5.74) is 3.25. The van der Waals surface area contributed by atoms with Gasteiger partial charge in [0.1, 0.15) is 5.75 Å². The van der Waals surface area contributed by atoms with Crippen LogP contribution in [0, 0.1) is 0 Å². The fourth-order valence-corrected chi connectivity index (χ4v) is 2.97. The van der Waals surface area contributed by atoms with Crippen LogP contribution in [0.5, 0.6) is 5.75 Å². The second kappa shape index (κ2) is 8.86. The van der Waals surface area contributed by atoms with E-state index < -0.39 is 0 Å². The molecular weight excluding hydrogens is 322 g/mol. The second-order valence-corrected chi connectivity index (χ2v) is 6.17. The Hall–Kier alpha value is -3.07. The molecule has 0 heterocycles. The fourth-order valence-electron chi connectivity index (χ4n) is 2.97. The van der Waals surface area contributed by atoms with Crippen molar-refractivity contribution in [2.75, 3.05) is 7.11 Å². The number of hydrogen-bond donors (Lipinski definition) is 1. The highest BCUT2D eigenvalue weighted by Crippen LogP contribution is 2.22. The largest absolute Gasteiger partial charge is 0.497 e. The lowest BCUT2D eigenvalue weighted by atomic mass is 9.98. The van der Waals surface area contributed by atoms with Gasteiger partial charge < -0.3 is 10.1 Å². The van der Waals surface area contributed by atoms with Crippen LogP contribution in [0.4, 0.5) is 0 Å². The molecule has 3 aromatic carbocycles. The molecule has 0 bridgehead atoms. The van der Waals surface area contributed by atoms with Crippen molar-refractivity contribution in [3.63, 3.8) is 0 Å². The van der Waals surface area contributed by atoms with Gasteiger partial charge in [-0.3, -0.25) is 4.79 Å². The molecule has 26 heavy (non-hydrogen) atoms. The lowest BCUT2D eigenvalue weighted by Gasteiger charge is -2.20. The topological polar surface area (TPSA) is 38.3 Å². The number of methoxy groups -OCH3 is 1. The van der Waals surface area contributed by atoms with E-state index in [0.29, 0.717) is 12.8 Å². The van der Waals surface area contributed by atoms with E-state index in [-0.39, 0.29) is 11.9 Å². The van der Waals surface area contributed by atoms with Crippen LogP contribution in [0.2, 0.25) is 0 Å². The first-order chi connectivity index (χ1) is 12.8.